The van der Waals surface area contributed by atoms with Crippen molar-refractivity contribution in [3.8, 4) is 0 Å². The molecule has 0 aromatic heterocycles. The average molecular weight is 565 g/mol. The Bertz CT molecular complexity index is 460. The maximum absolute atomic E-state index is 11.3. The minimum absolute atomic E-state index is 0.0248. The highest BCUT2D eigenvalue weighted by Gasteiger charge is 2.00. The molecule has 0 atom stereocenters. The van der Waals surface area contributed by atoms with Crippen LogP contribution in [0.4, 0.5) is 0 Å². The van der Waals surface area contributed by atoms with Crippen LogP contribution in [-0.4, -0.2) is 12.6 Å². The van der Waals surface area contributed by atoms with E-state index in [4.69, 9.17) is 4.74 Å². The summed E-state index contributed by atoms with van der Waals surface area (Å²) in [5.74, 6) is -0.0248. The van der Waals surface area contributed by atoms with Crippen molar-refractivity contribution in [3.63, 3.8) is 0 Å². The molecule has 0 aromatic rings. The number of hydrogen-bond donors (Lipinski definition) is 0. The standard InChI is InChI=1S/C38H76O2/c1-3-5-6-7-8-9-10-11-12-13-14-15-16-17-18-19-20-21-22-23-24-25-26-27-28-29-30-31-32-33-34-35-37-40-38(39)36-4-2/h3-37H2,1-2H3. The number of carbonyl (C=O) groups excluding carboxylic acids is 1. The molecule has 0 unspecified atom stereocenters. The highest BCUT2D eigenvalue weighted by atomic mass is 16.5. The van der Waals surface area contributed by atoms with E-state index < -0.39 is 0 Å². The first-order valence-electron chi connectivity index (χ1n) is 19.0. The molecule has 0 heterocycles. The molecule has 40 heavy (non-hydrogen) atoms. The SMILES string of the molecule is CCCCCCCCCCCCCCCCCCCCCCCCCCCCCCCCCCOC(=O)CCC. The van der Waals surface area contributed by atoms with Crippen molar-refractivity contribution >= 4 is 5.97 Å². The van der Waals surface area contributed by atoms with Crippen LogP contribution in [-0.2, 0) is 9.53 Å². The molecular formula is C38H76O2. The molecule has 0 rings (SSSR count). The predicted molar refractivity (Wildman–Crippen MR) is 179 cm³/mol. The van der Waals surface area contributed by atoms with E-state index in [2.05, 4.69) is 6.92 Å². The highest BCUT2D eigenvalue weighted by molar-refractivity contribution is 5.69. The minimum atomic E-state index is -0.0248. The van der Waals surface area contributed by atoms with Crippen molar-refractivity contribution in [3.05, 3.63) is 0 Å². The van der Waals surface area contributed by atoms with Crippen LogP contribution in [0, 0.1) is 0 Å². The molecule has 240 valence electrons. The van der Waals surface area contributed by atoms with Gasteiger partial charge in [0, 0.05) is 6.42 Å². The van der Waals surface area contributed by atoms with Crippen LogP contribution in [0.15, 0.2) is 0 Å². The summed E-state index contributed by atoms with van der Waals surface area (Å²) in [6.45, 7) is 4.95. The Balaban J connectivity index is 3.04. The van der Waals surface area contributed by atoms with E-state index in [1.165, 1.54) is 199 Å². The largest absolute Gasteiger partial charge is 0.466 e. The van der Waals surface area contributed by atoms with Crippen molar-refractivity contribution in [2.75, 3.05) is 6.61 Å². The first-order chi connectivity index (χ1) is 19.8. The molecule has 0 amide bonds. The molecule has 0 aromatic carbocycles. The second kappa shape index (κ2) is 36.5. The Morgan fingerprint density at radius 3 is 0.775 bits per heavy atom. The third kappa shape index (κ3) is 35.5. The fourth-order valence-electron chi connectivity index (χ4n) is 5.94. The van der Waals surface area contributed by atoms with E-state index in [1.807, 2.05) is 6.92 Å². The first kappa shape index (κ1) is 39.5. The van der Waals surface area contributed by atoms with E-state index in [0.29, 0.717) is 13.0 Å². The van der Waals surface area contributed by atoms with E-state index in [-0.39, 0.29) is 5.97 Å². The van der Waals surface area contributed by atoms with Gasteiger partial charge in [0.05, 0.1) is 6.61 Å². The molecule has 0 fully saturated rings. The van der Waals surface area contributed by atoms with Crippen LogP contribution >= 0.6 is 0 Å². The monoisotopic (exact) mass is 565 g/mol. The van der Waals surface area contributed by atoms with Gasteiger partial charge in [-0.05, 0) is 12.8 Å². The zero-order valence-electron chi connectivity index (χ0n) is 28.1. The normalized spacial score (nSPS) is 11.3. The van der Waals surface area contributed by atoms with Gasteiger partial charge in [0.2, 0.25) is 0 Å². The van der Waals surface area contributed by atoms with Crippen LogP contribution in [0.2, 0.25) is 0 Å². The maximum Gasteiger partial charge on any atom is 0.305 e. The van der Waals surface area contributed by atoms with Crippen molar-refractivity contribution < 1.29 is 9.53 Å². The van der Waals surface area contributed by atoms with Gasteiger partial charge < -0.3 is 4.74 Å². The van der Waals surface area contributed by atoms with Gasteiger partial charge in [-0.2, -0.15) is 0 Å². The van der Waals surface area contributed by atoms with E-state index in [0.717, 1.165) is 12.8 Å². The summed E-state index contributed by atoms with van der Waals surface area (Å²) in [4.78, 5) is 11.3. The lowest BCUT2D eigenvalue weighted by atomic mass is 10.0. The predicted octanol–water partition coefficient (Wildman–Crippen LogP) is 13.8. The number of unbranched alkanes of at least 4 members (excludes halogenated alkanes) is 31. The van der Waals surface area contributed by atoms with E-state index in [1.54, 1.807) is 0 Å². The van der Waals surface area contributed by atoms with Gasteiger partial charge in [-0.15, -0.1) is 0 Å². The smallest absolute Gasteiger partial charge is 0.305 e. The van der Waals surface area contributed by atoms with Gasteiger partial charge in [0.15, 0.2) is 0 Å². The fraction of sp³-hybridized carbons (Fsp3) is 0.974. The molecule has 2 nitrogen and oxygen atoms in total. The lowest BCUT2D eigenvalue weighted by Crippen LogP contribution is -2.04. The topological polar surface area (TPSA) is 26.3 Å². The second-order valence-electron chi connectivity index (χ2n) is 12.9. The highest BCUT2D eigenvalue weighted by Crippen LogP contribution is 2.16. The number of esters is 1. The minimum Gasteiger partial charge on any atom is -0.466 e. The Labute approximate surface area is 254 Å². The van der Waals surface area contributed by atoms with Crippen LogP contribution in [0.5, 0.6) is 0 Å². The molecule has 0 aliphatic carbocycles. The zero-order valence-corrected chi connectivity index (χ0v) is 28.1. The molecule has 0 saturated carbocycles. The zero-order chi connectivity index (χ0) is 29.0. The Morgan fingerprint density at radius 1 is 0.325 bits per heavy atom. The molecule has 0 radical (unpaired) electrons. The summed E-state index contributed by atoms with van der Waals surface area (Å²) in [5, 5.41) is 0. The molecule has 0 saturated heterocycles. The summed E-state index contributed by atoms with van der Waals surface area (Å²) in [5.41, 5.74) is 0. The third-order valence-electron chi connectivity index (χ3n) is 8.72. The van der Waals surface area contributed by atoms with Crippen molar-refractivity contribution in [1.82, 2.24) is 0 Å². The Kier molecular flexibility index (Phi) is 36.0. The van der Waals surface area contributed by atoms with E-state index in [9.17, 15) is 4.79 Å². The average Bonchev–Trinajstić information content (AvgIpc) is 2.95. The quantitative estimate of drug-likeness (QED) is 0.0565. The van der Waals surface area contributed by atoms with Gasteiger partial charge >= 0.3 is 5.97 Å². The number of carbonyl (C=O) groups is 1. The second-order valence-corrected chi connectivity index (χ2v) is 12.9. The number of hydrogen-bond acceptors (Lipinski definition) is 2. The summed E-state index contributed by atoms with van der Waals surface area (Å²) in [6.07, 6.45) is 47.2. The van der Waals surface area contributed by atoms with Gasteiger partial charge in [-0.1, -0.05) is 213 Å². The summed E-state index contributed by atoms with van der Waals surface area (Å²) in [6, 6.07) is 0. The van der Waals surface area contributed by atoms with Crippen molar-refractivity contribution in [2.45, 2.75) is 232 Å². The van der Waals surface area contributed by atoms with Gasteiger partial charge in [0.1, 0.15) is 0 Å². The summed E-state index contributed by atoms with van der Waals surface area (Å²) >= 11 is 0. The lowest BCUT2D eigenvalue weighted by Gasteiger charge is -2.05. The lowest BCUT2D eigenvalue weighted by molar-refractivity contribution is -0.143. The van der Waals surface area contributed by atoms with E-state index >= 15 is 0 Å². The molecule has 0 aliphatic heterocycles. The first-order valence-corrected chi connectivity index (χ1v) is 19.0. The van der Waals surface area contributed by atoms with Gasteiger partial charge in [0.25, 0.3) is 0 Å². The fourth-order valence-corrected chi connectivity index (χ4v) is 5.94. The summed E-state index contributed by atoms with van der Waals surface area (Å²) in [7, 11) is 0. The van der Waals surface area contributed by atoms with Crippen LogP contribution < -0.4 is 0 Å². The number of rotatable bonds is 35. The molecule has 0 N–H and O–H groups in total. The molecule has 0 aliphatic rings. The molecule has 2 heteroatoms. The number of ether oxygens (including phenoxy) is 1. The Hall–Kier alpha value is -0.530. The maximum atomic E-state index is 11.3. The van der Waals surface area contributed by atoms with Gasteiger partial charge in [-0.25, -0.2) is 0 Å². The van der Waals surface area contributed by atoms with Gasteiger partial charge in [-0.3, -0.25) is 4.79 Å². The Morgan fingerprint density at radius 2 is 0.550 bits per heavy atom. The summed E-state index contributed by atoms with van der Waals surface area (Å²) < 4.78 is 5.21. The van der Waals surface area contributed by atoms with Crippen LogP contribution in [0.3, 0.4) is 0 Å². The van der Waals surface area contributed by atoms with Crippen LogP contribution in [0.25, 0.3) is 0 Å². The molecular weight excluding hydrogens is 488 g/mol. The molecule has 0 bridgehead atoms. The molecule has 0 spiro atoms. The van der Waals surface area contributed by atoms with Crippen LogP contribution in [0.1, 0.15) is 232 Å². The third-order valence-corrected chi connectivity index (χ3v) is 8.72. The van der Waals surface area contributed by atoms with Crippen molar-refractivity contribution in [1.29, 1.82) is 0 Å². The van der Waals surface area contributed by atoms with Crippen molar-refractivity contribution in [2.24, 2.45) is 0 Å².